The molecule has 1 heterocycles. The number of nitrogens with one attached hydrogen (secondary N) is 1. The molecule has 0 spiro atoms. The Kier molecular flexibility index (Phi) is 3.64. The fourth-order valence-corrected chi connectivity index (χ4v) is 1.57. The number of halogens is 1. The second-order valence-electron chi connectivity index (χ2n) is 3.73. The van der Waals surface area contributed by atoms with E-state index in [1.165, 1.54) is 18.3 Å². The molecule has 0 aliphatic carbocycles. The quantitative estimate of drug-likeness (QED) is 0.821. The van der Waals surface area contributed by atoms with E-state index in [4.69, 9.17) is 22.6 Å². The lowest BCUT2D eigenvalue weighted by Gasteiger charge is -2.06. The van der Waals surface area contributed by atoms with Crippen molar-refractivity contribution in [3.8, 4) is 6.07 Å². The van der Waals surface area contributed by atoms with Gasteiger partial charge in [0.15, 0.2) is 0 Å². The van der Waals surface area contributed by atoms with Crippen LogP contribution in [-0.4, -0.2) is 10.9 Å². The molecule has 0 saturated heterocycles. The van der Waals surface area contributed by atoms with Crippen LogP contribution >= 0.6 is 11.6 Å². The van der Waals surface area contributed by atoms with Crippen molar-refractivity contribution < 1.29 is 4.79 Å². The number of nitriles is 1. The van der Waals surface area contributed by atoms with E-state index in [9.17, 15) is 4.79 Å². The number of aromatic nitrogens is 1. The molecule has 0 fully saturated rings. The number of rotatable bonds is 2. The second-order valence-corrected chi connectivity index (χ2v) is 4.14. The lowest BCUT2D eigenvalue weighted by molar-refractivity contribution is 0.102. The van der Waals surface area contributed by atoms with Gasteiger partial charge in [-0.25, -0.2) is 4.98 Å². The molecule has 0 aliphatic rings. The topological polar surface area (TPSA) is 91.8 Å². The van der Waals surface area contributed by atoms with Crippen LogP contribution in [-0.2, 0) is 0 Å². The smallest absolute Gasteiger partial charge is 0.274 e. The summed E-state index contributed by atoms with van der Waals surface area (Å²) < 4.78 is 0. The molecule has 2 rings (SSSR count). The molecule has 0 atom stereocenters. The number of carbonyl (C=O) groups excluding carboxylic acids is 1. The van der Waals surface area contributed by atoms with E-state index >= 15 is 0 Å². The zero-order chi connectivity index (χ0) is 13.8. The van der Waals surface area contributed by atoms with E-state index in [0.29, 0.717) is 22.0 Å². The number of amides is 1. The summed E-state index contributed by atoms with van der Waals surface area (Å²) in [5.41, 5.74) is 7.15. The predicted octanol–water partition coefficient (Wildman–Crippen LogP) is 2.44. The molecule has 6 heteroatoms. The third kappa shape index (κ3) is 3.00. The molecule has 0 radical (unpaired) electrons. The molecule has 0 bridgehead atoms. The largest absolute Gasteiger partial charge is 0.398 e. The number of nitrogens with two attached hydrogens (primary N) is 1. The fourth-order valence-electron chi connectivity index (χ4n) is 1.39. The van der Waals surface area contributed by atoms with E-state index in [-0.39, 0.29) is 11.6 Å². The average Bonchev–Trinajstić information content (AvgIpc) is 2.43. The van der Waals surface area contributed by atoms with Gasteiger partial charge >= 0.3 is 0 Å². The van der Waals surface area contributed by atoms with E-state index in [1.807, 2.05) is 6.07 Å². The van der Waals surface area contributed by atoms with Gasteiger partial charge in [0.05, 0.1) is 16.3 Å². The highest BCUT2D eigenvalue weighted by molar-refractivity contribution is 6.33. The molecular weight excluding hydrogens is 264 g/mol. The van der Waals surface area contributed by atoms with Crippen LogP contribution in [0.3, 0.4) is 0 Å². The Balaban J connectivity index is 2.16. The predicted molar refractivity (Wildman–Crippen MR) is 72.8 cm³/mol. The molecule has 3 N–H and O–H groups in total. The second kappa shape index (κ2) is 5.38. The lowest BCUT2D eigenvalue weighted by atomic mass is 10.2. The number of nitrogens with zero attached hydrogens (tertiary/aromatic N) is 2. The molecule has 2 aromatic rings. The number of nitrogen functional groups attached to an aromatic ring is 1. The highest BCUT2D eigenvalue weighted by Gasteiger charge is 2.08. The molecule has 19 heavy (non-hydrogen) atoms. The van der Waals surface area contributed by atoms with Crippen molar-refractivity contribution in [3.05, 3.63) is 52.8 Å². The maximum atomic E-state index is 11.9. The number of pyridine rings is 1. The number of anilines is 2. The minimum Gasteiger partial charge on any atom is -0.398 e. The van der Waals surface area contributed by atoms with E-state index in [1.54, 1.807) is 18.2 Å². The van der Waals surface area contributed by atoms with Crippen molar-refractivity contribution in [1.82, 2.24) is 4.98 Å². The first kappa shape index (κ1) is 12.9. The van der Waals surface area contributed by atoms with Crippen molar-refractivity contribution >= 4 is 28.9 Å². The van der Waals surface area contributed by atoms with Crippen LogP contribution in [0.2, 0.25) is 5.02 Å². The maximum absolute atomic E-state index is 11.9. The molecule has 1 amide bonds. The zero-order valence-electron chi connectivity index (χ0n) is 9.72. The Morgan fingerprint density at radius 3 is 2.74 bits per heavy atom. The highest BCUT2D eigenvalue weighted by Crippen LogP contribution is 2.22. The van der Waals surface area contributed by atoms with Crippen molar-refractivity contribution in [2.75, 3.05) is 11.1 Å². The van der Waals surface area contributed by atoms with Crippen molar-refractivity contribution in [2.45, 2.75) is 0 Å². The standard InChI is InChI=1S/C13H9ClN4O/c14-10-5-9(2-3-11(10)16)18-13(19)12-4-1-8(6-15)7-17-12/h1-5,7H,16H2,(H,18,19). The van der Waals surface area contributed by atoms with Gasteiger partial charge in [-0.1, -0.05) is 11.6 Å². The summed E-state index contributed by atoms with van der Waals surface area (Å²) in [6.45, 7) is 0. The summed E-state index contributed by atoms with van der Waals surface area (Å²) in [5, 5.41) is 11.6. The van der Waals surface area contributed by atoms with Crippen LogP contribution in [0.15, 0.2) is 36.5 Å². The fraction of sp³-hybridized carbons (Fsp3) is 0. The first-order valence-corrected chi connectivity index (χ1v) is 5.70. The Bertz CT molecular complexity index is 661. The third-order valence-corrected chi connectivity index (χ3v) is 2.71. The number of hydrogen-bond acceptors (Lipinski definition) is 4. The molecule has 1 aromatic carbocycles. The highest BCUT2D eigenvalue weighted by atomic mass is 35.5. The Morgan fingerprint density at radius 2 is 2.16 bits per heavy atom. The third-order valence-electron chi connectivity index (χ3n) is 2.38. The van der Waals surface area contributed by atoms with Crippen molar-refractivity contribution in [1.29, 1.82) is 5.26 Å². The monoisotopic (exact) mass is 272 g/mol. The average molecular weight is 273 g/mol. The Labute approximate surface area is 114 Å². The summed E-state index contributed by atoms with van der Waals surface area (Å²) in [6.07, 6.45) is 1.34. The molecule has 0 aliphatic heterocycles. The molecule has 0 saturated carbocycles. The first-order valence-electron chi connectivity index (χ1n) is 5.32. The summed E-state index contributed by atoms with van der Waals surface area (Å²) in [4.78, 5) is 15.8. The van der Waals surface area contributed by atoms with Gasteiger partial charge in [0.25, 0.3) is 5.91 Å². The van der Waals surface area contributed by atoms with Crippen molar-refractivity contribution in [3.63, 3.8) is 0 Å². The van der Waals surface area contributed by atoms with Crippen LogP contribution in [0.5, 0.6) is 0 Å². The Morgan fingerprint density at radius 1 is 1.37 bits per heavy atom. The van der Waals surface area contributed by atoms with E-state index in [2.05, 4.69) is 10.3 Å². The van der Waals surface area contributed by atoms with Crippen LogP contribution in [0, 0.1) is 11.3 Å². The van der Waals surface area contributed by atoms with Crippen LogP contribution < -0.4 is 11.1 Å². The molecule has 1 aromatic heterocycles. The van der Waals surface area contributed by atoms with Gasteiger partial charge < -0.3 is 11.1 Å². The molecular formula is C13H9ClN4O. The van der Waals surface area contributed by atoms with Gasteiger partial charge in [0.1, 0.15) is 11.8 Å². The van der Waals surface area contributed by atoms with Gasteiger partial charge in [-0.15, -0.1) is 0 Å². The lowest BCUT2D eigenvalue weighted by Crippen LogP contribution is -2.13. The number of benzene rings is 1. The van der Waals surface area contributed by atoms with Gasteiger partial charge in [0, 0.05) is 11.9 Å². The zero-order valence-corrected chi connectivity index (χ0v) is 10.5. The van der Waals surface area contributed by atoms with Gasteiger partial charge in [-0.2, -0.15) is 5.26 Å². The van der Waals surface area contributed by atoms with Crippen molar-refractivity contribution in [2.24, 2.45) is 0 Å². The SMILES string of the molecule is N#Cc1ccc(C(=O)Nc2ccc(N)c(Cl)c2)nc1. The summed E-state index contributed by atoms with van der Waals surface area (Å²) in [7, 11) is 0. The molecule has 0 unspecified atom stereocenters. The van der Waals surface area contributed by atoms with Crippen LogP contribution in [0.1, 0.15) is 16.1 Å². The first-order chi connectivity index (χ1) is 9.10. The van der Waals surface area contributed by atoms with Gasteiger partial charge in [-0.3, -0.25) is 4.79 Å². The van der Waals surface area contributed by atoms with Crippen LogP contribution in [0.4, 0.5) is 11.4 Å². The van der Waals surface area contributed by atoms with Gasteiger partial charge in [0.2, 0.25) is 0 Å². The maximum Gasteiger partial charge on any atom is 0.274 e. The number of carbonyl (C=O) groups is 1. The minimum atomic E-state index is -0.384. The molecule has 5 nitrogen and oxygen atoms in total. The van der Waals surface area contributed by atoms with Crippen LogP contribution in [0.25, 0.3) is 0 Å². The summed E-state index contributed by atoms with van der Waals surface area (Å²) in [6, 6.07) is 9.73. The Hall–Kier alpha value is -2.58. The number of hydrogen-bond donors (Lipinski definition) is 2. The summed E-state index contributed by atoms with van der Waals surface area (Å²) >= 11 is 5.85. The minimum absolute atomic E-state index is 0.215. The summed E-state index contributed by atoms with van der Waals surface area (Å²) in [5.74, 6) is -0.384. The normalized spacial score (nSPS) is 9.68. The van der Waals surface area contributed by atoms with E-state index < -0.39 is 0 Å². The van der Waals surface area contributed by atoms with E-state index in [0.717, 1.165) is 0 Å². The van der Waals surface area contributed by atoms with Gasteiger partial charge in [-0.05, 0) is 30.3 Å². The molecule has 94 valence electrons.